The Labute approximate surface area is 147 Å². The highest BCUT2D eigenvalue weighted by Gasteiger charge is 2.11. The first-order valence-corrected chi connectivity index (χ1v) is 8.95. The Morgan fingerprint density at radius 3 is 2.52 bits per heavy atom. The molecule has 5 nitrogen and oxygen atoms in total. The number of aromatic nitrogens is 1. The molecule has 2 N–H and O–H groups in total. The molecule has 0 atom stereocenters. The predicted octanol–water partition coefficient (Wildman–Crippen LogP) is 2.79. The van der Waals surface area contributed by atoms with Crippen LogP contribution in [0.3, 0.4) is 0 Å². The van der Waals surface area contributed by atoms with Crippen LogP contribution in [0.5, 0.6) is 0 Å². The largest absolute Gasteiger partial charge is 0.345 e. The molecule has 0 spiro atoms. The fourth-order valence-corrected chi connectivity index (χ4v) is 3.23. The standard InChI is InChI=1S/C16H18BrN3O2S/c1-11-3-5-12(6-4-11)9-23-10-15(21)18-19-16(22)14-7-13(17)8-20(14)2/h3-8H,9-10H2,1-2H3,(H,18,21)(H,19,22). The van der Waals surface area contributed by atoms with Crippen molar-refractivity contribution in [1.82, 2.24) is 15.4 Å². The van der Waals surface area contributed by atoms with Crippen LogP contribution in [0.2, 0.25) is 0 Å². The lowest BCUT2D eigenvalue weighted by Gasteiger charge is -2.08. The third-order valence-corrected chi connectivity index (χ3v) is 4.58. The molecule has 2 amide bonds. The summed E-state index contributed by atoms with van der Waals surface area (Å²) in [5.74, 6) is 0.455. The normalized spacial score (nSPS) is 10.4. The van der Waals surface area contributed by atoms with Crippen molar-refractivity contribution in [1.29, 1.82) is 0 Å². The van der Waals surface area contributed by atoms with Gasteiger partial charge in [-0.1, -0.05) is 29.8 Å². The van der Waals surface area contributed by atoms with Crippen LogP contribution in [-0.2, 0) is 17.6 Å². The second kappa shape index (κ2) is 8.21. The van der Waals surface area contributed by atoms with Crippen molar-refractivity contribution in [3.05, 3.63) is 57.8 Å². The summed E-state index contributed by atoms with van der Waals surface area (Å²) in [5, 5.41) is 0. The summed E-state index contributed by atoms with van der Waals surface area (Å²) in [5.41, 5.74) is 7.69. The lowest BCUT2D eigenvalue weighted by atomic mass is 10.2. The number of carbonyl (C=O) groups is 2. The Bertz CT molecular complexity index is 698. The van der Waals surface area contributed by atoms with E-state index in [1.807, 2.05) is 19.1 Å². The van der Waals surface area contributed by atoms with Gasteiger partial charge < -0.3 is 4.57 Å². The van der Waals surface area contributed by atoms with Crippen LogP contribution in [-0.4, -0.2) is 22.1 Å². The summed E-state index contributed by atoms with van der Waals surface area (Å²) in [6.07, 6.45) is 1.77. The summed E-state index contributed by atoms with van der Waals surface area (Å²) >= 11 is 4.80. The first kappa shape index (κ1) is 17.6. The first-order chi connectivity index (χ1) is 11.0. The van der Waals surface area contributed by atoms with Crippen molar-refractivity contribution < 1.29 is 9.59 Å². The quantitative estimate of drug-likeness (QED) is 0.765. The van der Waals surface area contributed by atoms with Crippen molar-refractivity contribution in [2.75, 3.05) is 5.75 Å². The van der Waals surface area contributed by atoms with E-state index >= 15 is 0 Å². The number of nitrogens with one attached hydrogen (secondary N) is 2. The van der Waals surface area contributed by atoms with E-state index in [9.17, 15) is 9.59 Å². The van der Waals surface area contributed by atoms with Gasteiger partial charge in [0.25, 0.3) is 5.91 Å². The van der Waals surface area contributed by atoms with E-state index in [0.29, 0.717) is 5.69 Å². The van der Waals surface area contributed by atoms with Gasteiger partial charge in [-0.2, -0.15) is 0 Å². The highest BCUT2D eigenvalue weighted by Crippen LogP contribution is 2.14. The van der Waals surface area contributed by atoms with E-state index in [1.54, 1.807) is 23.9 Å². The van der Waals surface area contributed by atoms with Crippen molar-refractivity contribution in [2.24, 2.45) is 7.05 Å². The molecule has 23 heavy (non-hydrogen) atoms. The maximum absolute atomic E-state index is 11.9. The predicted molar refractivity (Wildman–Crippen MR) is 96.1 cm³/mol. The van der Waals surface area contributed by atoms with Gasteiger partial charge in [-0.3, -0.25) is 20.4 Å². The smallest absolute Gasteiger partial charge is 0.286 e. The zero-order chi connectivity index (χ0) is 16.8. The van der Waals surface area contributed by atoms with E-state index in [4.69, 9.17) is 0 Å². The van der Waals surface area contributed by atoms with E-state index in [0.717, 1.165) is 10.2 Å². The molecule has 0 radical (unpaired) electrons. The van der Waals surface area contributed by atoms with Crippen LogP contribution in [0, 0.1) is 6.92 Å². The summed E-state index contributed by atoms with van der Waals surface area (Å²) in [7, 11) is 1.76. The van der Waals surface area contributed by atoms with Gasteiger partial charge in [0.2, 0.25) is 5.91 Å². The highest BCUT2D eigenvalue weighted by atomic mass is 79.9. The van der Waals surface area contributed by atoms with Crippen LogP contribution in [0.25, 0.3) is 0 Å². The van der Waals surface area contributed by atoms with E-state index in [2.05, 4.69) is 38.9 Å². The van der Waals surface area contributed by atoms with Gasteiger partial charge in [0.05, 0.1) is 5.75 Å². The number of benzene rings is 1. The first-order valence-electron chi connectivity index (χ1n) is 7.00. The Hall–Kier alpha value is -1.73. The average Bonchev–Trinajstić information content (AvgIpc) is 2.85. The van der Waals surface area contributed by atoms with Gasteiger partial charge >= 0.3 is 0 Å². The van der Waals surface area contributed by atoms with Gasteiger partial charge in [-0.25, -0.2) is 0 Å². The lowest BCUT2D eigenvalue weighted by Crippen LogP contribution is -2.43. The molecule has 122 valence electrons. The number of amides is 2. The van der Waals surface area contributed by atoms with E-state index < -0.39 is 0 Å². The molecule has 2 aromatic rings. The Balaban J connectivity index is 1.71. The van der Waals surface area contributed by atoms with Crippen LogP contribution in [0.4, 0.5) is 0 Å². The molecule has 0 aliphatic heterocycles. The highest BCUT2D eigenvalue weighted by molar-refractivity contribution is 9.10. The number of halogens is 1. The Morgan fingerprint density at radius 1 is 1.22 bits per heavy atom. The average molecular weight is 396 g/mol. The van der Waals surface area contributed by atoms with Crippen LogP contribution >= 0.6 is 27.7 Å². The third-order valence-electron chi connectivity index (χ3n) is 3.14. The van der Waals surface area contributed by atoms with E-state index in [-0.39, 0.29) is 17.6 Å². The van der Waals surface area contributed by atoms with Gasteiger partial charge in [0, 0.05) is 23.5 Å². The molecule has 7 heteroatoms. The third kappa shape index (κ3) is 5.44. The summed E-state index contributed by atoms with van der Waals surface area (Å²) in [6, 6.07) is 9.89. The molecule has 0 aliphatic carbocycles. The van der Waals surface area contributed by atoms with Gasteiger partial charge in [0.1, 0.15) is 5.69 Å². The minimum absolute atomic E-state index is 0.233. The molecule has 2 rings (SSSR count). The summed E-state index contributed by atoms with van der Waals surface area (Å²) in [4.78, 5) is 23.7. The number of hydrogen-bond donors (Lipinski definition) is 2. The van der Waals surface area contributed by atoms with Crippen LogP contribution in [0.15, 0.2) is 41.0 Å². The number of hydrogen-bond acceptors (Lipinski definition) is 3. The lowest BCUT2D eigenvalue weighted by molar-refractivity contribution is -0.119. The molecular formula is C16H18BrN3O2S. The number of carbonyl (C=O) groups excluding carboxylic acids is 2. The molecule has 0 aliphatic rings. The molecule has 0 fully saturated rings. The number of rotatable bonds is 5. The fraction of sp³-hybridized carbons (Fsp3) is 0.250. The van der Waals surface area contributed by atoms with Gasteiger partial charge in [0.15, 0.2) is 0 Å². The van der Waals surface area contributed by atoms with Gasteiger partial charge in [-0.15, -0.1) is 11.8 Å². The minimum Gasteiger partial charge on any atom is -0.345 e. The van der Waals surface area contributed by atoms with Crippen molar-refractivity contribution in [2.45, 2.75) is 12.7 Å². The van der Waals surface area contributed by atoms with Crippen molar-refractivity contribution in [3.63, 3.8) is 0 Å². The summed E-state index contributed by atoms with van der Waals surface area (Å²) < 4.78 is 2.49. The monoisotopic (exact) mass is 395 g/mol. The fourth-order valence-electron chi connectivity index (χ4n) is 1.92. The molecule has 0 unspecified atom stereocenters. The second-order valence-electron chi connectivity index (χ2n) is 5.14. The van der Waals surface area contributed by atoms with Crippen molar-refractivity contribution in [3.8, 4) is 0 Å². The molecule has 1 aromatic carbocycles. The van der Waals surface area contributed by atoms with E-state index in [1.165, 1.54) is 22.9 Å². The zero-order valence-corrected chi connectivity index (χ0v) is 15.3. The molecular weight excluding hydrogens is 378 g/mol. The molecule has 0 bridgehead atoms. The minimum atomic E-state index is -0.352. The number of hydrazine groups is 1. The van der Waals surface area contributed by atoms with Gasteiger partial charge in [-0.05, 0) is 34.5 Å². The number of aryl methyl sites for hydroxylation is 2. The zero-order valence-electron chi connectivity index (χ0n) is 12.9. The number of thioether (sulfide) groups is 1. The molecule has 1 heterocycles. The maximum atomic E-state index is 11.9. The van der Waals surface area contributed by atoms with Crippen molar-refractivity contribution >= 4 is 39.5 Å². The maximum Gasteiger partial charge on any atom is 0.286 e. The topological polar surface area (TPSA) is 63.1 Å². The molecule has 0 saturated carbocycles. The molecule has 0 saturated heterocycles. The van der Waals surface area contributed by atoms with Crippen LogP contribution in [0.1, 0.15) is 21.6 Å². The SMILES string of the molecule is Cc1ccc(CSCC(=O)NNC(=O)c2cc(Br)cn2C)cc1. The molecule has 1 aromatic heterocycles. The summed E-state index contributed by atoms with van der Waals surface area (Å²) in [6.45, 7) is 2.04. The Morgan fingerprint density at radius 2 is 1.91 bits per heavy atom. The van der Waals surface area contributed by atoms with Crippen LogP contribution < -0.4 is 10.9 Å². The second-order valence-corrected chi connectivity index (χ2v) is 7.04. The Kier molecular flexibility index (Phi) is 6.29. The number of nitrogens with zero attached hydrogens (tertiary/aromatic N) is 1.